The molecule has 0 aliphatic rings. The number of benzene rings is 3. The molecule has 3 aromatic heterocycles. The van der Waals surface area contributed by atoms with E-state index in [4.69, 9.17) is 25.3 Å². The first-order chi connectivity index (χ1) is 29.6. The van der Waals surface area contributed by atoms with Crippen LogP contribution in [-0.2, 0) is 18.3 Å². The number of fused-ring (bicyclic) bond motifs is 1. The molecule has 0 unspecified atom stereocenters. The van der Waals surface area contributed by atoms with Gasteiger partial charge in [-0.05, 0) is 80.1 Å². The van der Waals surface area contributed by atoms with Crippen LogP contribution in [0.1, 0.15) is 145 Å². The summed E-state index contributed by atoms with van der Waals surface area (Å²) in [5.41, 5.74) is 6.83. The summed E-state index contributed by atoms with van der Waals surface area (Å²) in [6.07, 6.45) is 17.2. The molecule has 0 amide bonds. The number of pyridine rings is 1. The number of thiazole rings is 1. The van der Waals surface area contributed by atoms with E-state index in [-0.39, 0.29) is 5.82 Å². The number of para-hydroxylation sites is 1. The van der Waals surface area contributed by atoms with Crippen LogP contribution in [-0.4, -0.2) is 19.7 Å². The summed E-state index contributed by atoms with van der Waals surface area (Å²) >= 11 is 1.47. The molecule has 0 saturated heterocycles. The van der Waals surface area contributed by atoms with Gasteiger partial charge < -0.3 is 10.6 Å². The van der Waals surface area contributed by atoms with E-state index in [2.05, 4.69) is 73.0 Å². The van der Waals surface area contributed by atoms with Crippen LogP contribution in [0.15, 0.2) is 83.0 Å². The summed E-state index contributed by atoms with van der Waals surface area (Å²) in [7, 11) is 0. The molecule has 6 aromatic rings. The van der Waals surface area contributed by atoms with Crippen LogP contribution in [0, 0.1) is 29.6 Å². The maximum Gasteiger partial charge on any atom is 0.213 e. The predicted octanol–water partition coefficient (Wildman–Crippen LogP) is 14.9. The molecule has 0 aliphatic carbocycles. The van der Waals surface area contributed by atoms with Gasteiger partial charge in [-0.25, -0.2) is 9.97 Å². The Hall–Kier alpha value is -5.91. The van der Waals surface area contributed by atoms with E-state index in [1.807, 2.05) is 64.1 Å². The first-order valence-electron chi connectivity index (χ1n) is 22.1. The third kappa shape index (κ3) is 11.7. The van der Waals surface area contributed by atoms with Crippen molar-refractivity contribution in [2.75, 3.05) is 10.6 Å². The molecule has 3 aromatic carbocycles. The third-order valence-electron chi connectivity index (χ3n) is 11.0. The predicted molar refractivity (Wildman–Crippen MR) is 252 cm³/mol. The van der Waals surface area contributed by atoms with E-state index in [1.165, 1.54) is 99.5 Å². The molecule has 10 nitrogen and oxygen atoms in total. The zero-order chi connectivity index (χ0) is 43.2. The normalized spacial score (nSPS) is 11.6. The maximum atomic E-state index is 10.6. The van der Waals surface area contributed by atoms with Gasteiger partial charge in [-0.3, -0.25) is 0 Å². The number of nitrogens with zero attached hydrogens (tertiary/aromatic N) is 8. The van der Waals surface area contributed by atoms with Gasteiger partial charge in [0.25, 0.3) is 0 Å². The number of hydrogen-bond donors (Lipinski definition) is 2. The monoisotopic (exact) mass is 832 g/mol. The van der Waals surface area contributed by atoms with E-state index >= 15 is 0 Å². The number of hydrogen-bond acceptors (Lipinski definition) is 10. The highest BCUT2D eigenvalue weighted by molar-refractivity contribution is 7.20. The maximum absolute atomic E-state index is 10.6. The fourth-order valence-corrected chi connectivity index (χ4v) is 8.36. The third-order valence-corrected chi connectivity index (χ3v) is 12.0. The molecule has 316 valence electrons. The number of rotatable bonds is 21. The summed E-state index contributed by atoms with van der Waals surface area (Å²) in [6.45, 7) is 12.4. The number of nitrogens with one attached hydrogen (secondary N) is 2. The van der Waals surface area contributed by atoms with Gasteiger partial charge in [0.15, 0.2) is 17.5 Å². The average Bonchev–Trinajstić information content (AvgIpc) is 3.86. The molecule has 6 rings (SSSR count). The molecule has 0 atom stereocenters. The summed E-state index contributed by atoms with van der Waals surface area (Å²) in [5, 5.41) is 43.2. The minimum atomic E-state index is -0.462. The Morgan fingerprint density at radius 1 is 0.656 bits per heavy atom. The molecule has 3 heterocycles. The first-order valence-corrected chi connectivity index (χ1v) is 22.9. The SMILES string of the molecule is CCCCCCCCc1ccc(Nc2nc(Nc3ccc(CCCCCCCC)cc3)c(N=Nc3c(C#N)c(C(C)(C)C)nn3-c3nc4ccccc4s3)c(C)c2C#N)cc1. The second-order valence-corrected chi connectivity index (χ2v) is 17.9. The van der Waals surface area contributed by atoms with E-state index in [1.54, 1.807) is 4.68 Å². The lowest BCUT2D eigenvalue weighted by Gasteiger charge is -2.16. The second-order valence-electron chi connectivity index (χ2n) is 16.9. The van der Waals surface area contributed by atoms with Crippen LogP contribution in [0.4, 0.5) is 34.5 Å². The van der Waals surface area contributed by atoms with Crippen molar-refractivity contribution in [1.29, 1.82) is 10.5 Å². The molecule has 0 aliphatic heterocycles. The smallest absolute Gasteiger partial charge is 0.213 e. The van der Waals surface area contributed by atoms with E-state index < -0.39 is 5.41 Å². The fraction of sp³-hybridized carbons (Fsp3) is 0.420. The van der Waals surface area contributed by atoms with Crippen molar-refractivity contribution in [3.05, 3.63) is 106 Å². The van der Waals surface area contributed by atoms with Gasteiger partial charge in [-0.15, -0.1) is 10.2 Å². The highest BCUT2D eigenvalue weighted by Crippen LogP contribution is 2.40. The van der Waals surface area contributed by atoms with E-state index in [0.29, 0.717) is 44.8 Å². The molecule has 11 heteroatoms. The van der Waals surface area contributed by atoms with Gasteiger partial charge in [0, 0.05) is 22.4 Å². The summed E-state index contributed by atoms with van der Waals surface area (Å²) < 4.78 is 2.61. The molecule has 0 saturated carbocycles. The minimum absolute atomic E-state index is 0.262. The van der Waals surface area contributed by atoms with Crippen molar-refractivity contribution in [3.8, 4) is 17.3 Å². The van der Waals surface area contributed by atoms with Crippen LogP contribution < -0.4 is 10.6 Å². The standard InChI is InChI=1S/C50H60N10S/c1-7-9-11-13-15-17-21-36-25-29-38(30-26-36)53-46-40(33-51)35(3)44(47(56-46)54-39-31-27-37(28-32-39)22-18-16-14-12-10-8-2)57-58-48-41(34-52)45(50(4,5)6)59-60(48)49-55-42-23-19-20-24-43(42)61-49/h19-20,23-32H,7-18,21-22H2,1-6H3,(H2,53,54,56). The van der Waals surface area contributed by atoms with Crippen LogP contribution in [0.3, 0.4) is 0 Å². The van der Waals surface area contributed by atoms with Crippen LogP contribution >= 0.6 is 11.3 Å². The van der Waals surface area contributed by atoms with Gasteiger partial charge in [0.1, 0.15) is 23.4 Å². The lowest BCUT2D eigenvalue weighted by atomic mass is 9.90. The van der Waals surface area contributed by atoms with Gasteiger partial charge in [-0.2, -0.15) is 20.3 Å². The Kier molecular flexibility index (Phi) is 15.8. The van der Waals surface area contributed by atoms with Crippen molar-refractivity contribution in [1.82, 2.24) is 19.7 Å². The molecule has 0 fully saturated rings. The molecular formula is C50H60N10S. The van der Waals surface area contributed by atoms with E-state index in [0.717, 1.165) is 34.4 Å². The number of azo groups is 1. The number of nitriles is 2. The molecule has 61 heavy (non-hydrogen) atoms. The number of unbranched alkanes of at least 4 members (excludes halogenated alkanes) is 10. The van der Waals surface area contributed by atoms with Gasteiger partial charge >= 0.3 is 0 Å². The Labute approximate surface area is 366 Å². The zero-order valence-electron chi connectivity index (χ0n) is 36.8. The van der Waals surface area contributed by atoms with Gasteiger partial charge in [0.05, 0.1) is 21.5 Å². The zero-order valence-corrected chi connectivity index (χ0v) is 37.6. The van der Waals surface area contributed by atoms with Crippen molar-refractivity contribution < 1.29 is 0 Å². The topological polar surface area (TPSA) is 140 Å². The molecular weight excluding hydrogens is 773 g/mol. The lowest BCUT2D eigenvalue weighted by molar-refractivity contribution is 0.559. The lowest BCUT2D eigenvalue weighted by Crippen LogP contribution is -2.14. The average molecular weight is 833 g/mol. The Balaban J connectivity index is 1.35. The van der Waals surface area contributed by atoms with Crippen molar-refractivity contribution in [2.45, 2.75) is 137 Å². The van der Waals surface area contributed by atoms with Gasteiger partial charge in [0.2, 0.25) is 5.13 Å². The second kappa shape index (κ2) is 21.6. The number of aryl methyl sites for hydroxylation is 2. The van der Waals surface area contributed by atoms with Crippen molar-refractivity contribution in [2.24, 2.45) is 10.2 Å². The van der Waals surface area contributed by atoms with Crippen LogP contribution in [0.25, 0.3) is 15.3 Å². The van der Waals surface area contributed by atoms with Crippen LogP contribution in [0.2, 0.25) is 0 Å². The molecule has 2 N–H and O–H groups in total. The summed E-state index contributed by atoms with van der Waals surface area (Å²) in [5.74, 6) is 1.10. The van der Waals surface area contributed by atoms with E-state index in [9.17, 15) is 10.5 Å². The molecule has 0 bridgehead atoms. The fourth-order valence-electron chi connectivity index (χ4n) is 7.44. The van der Waals surface area contributed by atoms with Gasteiger partial charge in [-0.1, -0.05) is 147 Å². The Morgan fingerprint density at radius 2 is 1.20 bits per heavy atom. The van der Waals surface area contributed by atoms with Crippen molar-refractivity contribution in [3.63, 3.8) is 0 Å². The number of anilines is 4. The quantitative estimate of drug-likeness (QED) is 0.0543. The Bertz CT molecular complexity index is 2440. The highest BCUT2D eigenvalue weighted by atomic mass is 32.1. The largest absolute Gasteiger partial charge is 0.339 e. The molecule has 0 radical (unpaired) electrons. The van der Waals surface area contributed by atoms with Crippen molar-refractivity contribution >= 4 is 56.1 Å². The first kappa shape index (κ1) is 44.6. The molecule has 0 spiro atoms. The number of aromatic nitrogens is 4. The summed E-state index contributed by atoms with van der Waals surface area (Å²) in [6, 6.07) is 29.4. The van der Waals surface area contributed by atoms with Crippen LogP contribution in [0.5, 0.6) is 0 Å². The summed E-state index contributed by atoms with van der Waals surface area (Å²) in [4.78, 5) is 9.87. The highest BCUT2D eigenvalue weighted by Gasteiger charge is 2.29. The minimum Gasteiger partial charge on any atom is -0.339 e. The Morgan fingerprint density at radius 3 is 1.74 bits per heavy atom.